The number of piperidine rings is 1. The Bertz CT molecular complexity index is 996. The molecule has 1 aromatic carbocycles. The number of pyridine rings is 1. The van der Waals surface area contributed by atoms with E-state index < -0.39 is 0 Å². The molecule has 30 heavy (non-hydrogen) atoms. The monoisotopic (exact) mass is 423 g/mol. The van der Waals surface area contributed by atoms with Crippen molar-refractivity contribution in [3.8, 4) is 0 Å². The van der Waals surface area contributed by atoms with Gasteiger partial charge in [-0.25, -0.2) is 9.97 Å². The van der Waals surface area contributed by atoms with Crippen molar-refractivity contribution in [3.63, 3.8) is 0 Å². The van der Waals surface area contributed by atoms with Crippen LogP contribution in [0.5, 0.6) is 0 Å². The van der Waals surface area contributed by atoms with E-state index in [1.807, 2.05) is 18.2 Å². The number of aryl methyl sites for hydroxylation is 1. The first kappa shape index (κ1) is 20.6. The van der Waals surface area contributed by atoms with Gasteiger partial charge in [-0.1, -0.05) is 11.3 Å². The molecule has 1 N–H and O–H groups in total. The lowest BCUT2D eigenvalue weighted by Crippen LogP contribution is -2.40. The molecule has 2 aromatic heterocycles. The predicted molar refractivity (Wildman–Crippen MR) is 126 cm³/mol. The molecule has 7 heteroatoms. The van der Waals surface area contributed by atoms with Gasteiger partial charge in [-0.3, -0.25) is 4.79 Å². The Morgan fingerprint density at radius 1 is 1.30 bits per heavy atom. The molecule has 3 aromatic rings. The van der Waals surface area contributed by atoms with Gasteiger partial charge in [0.05, 0.1) is 5.92 Å². The van der Waals surface area contributed by atoms with Gasteiger partial charge in [0.15, 0.2) is 5.13 Å². The number of nitrogens with one attached hydrogen (secondary N) is 1. The summed E-state index contributed by atoms with van der Waals surface area (Å²) in [6.45, 7) is 9.95. The number of carbonyl (C=O) groups excluding carboxylic acids is 1. The van der Waals surface area contributed by atoms with Gasteiger partial charge in [0.25, 0.3) is 0 Å². The quantitative estimate of drug-likeness (QED) is 0.623. The van der Waals surface area contributed by atoms with Gasteiger partial charge in [-0.15, -0.1) is 0 Å². The maximum absolute atomic E-state index is 13.0. The number of hydrogen-bond acceptors (Lipinski definition) is 6. The SMILES string of the molecule is CCN(CC)c1ccc(NC(=O)C2CCCN(c3nc4cccnc4s3)C2)c(C)c1. The highest BCUT2D eigenvalue weighted by molar-refractivity contribution is 7.21. The van der Waals surface area contributed by atoms with Crippen LogP contribution in [0.4, 0.5) is 16.5 Å². The second-order valence-corrected chi connectivity index (χ2v) is 8.73. The molecule has 4 rings (SSSR count). The van der Waals surface area contributed by atoms with Gasteiger partial charge < -0.3 is 15.1 Å². The minimum atomic E-state index is -0.0411. The van der Waals surface area contributed by atoms with Crippen LogP contribution in [0.3, 0.4) is 0 Å². The number of rotatable bonds is 6. The number of aromatic nitrogens is 2. The van der Waals surface area contributed by atoms with Crippen LogP contribution in [0.1, 0.15) is 32.3 Å². The molecule has 158 valence electrons. The predicted octanol–water partition coefficient (Wildman–Crippen LogP) is 4.70. The van der Waals surface area contributed by atoms with Crippen molar-refractivity contribution in [2.75, 3.05) is 41.3 Å². The lowest BCUT2D eigenvalue weighted by atomic mass is 9.97. The summed E-state index contributed by atoms with van der Waals surface area (Å²) in [5.74, 6) is 0.0539. The maximum Gasteiger partial charge on any atom is 0.229 e. The summed E-state index contributed by atoms with van der Waals surface area (Å²) in [5.41, 5.74) is 4.12. The summed E-state index contributed by atoms with van der Waals surface area (Å²) in [6, 6.07) is 10.2. The number of hydrogen-bond donors (Lipinski definition) is 1. The van der Waals surface area contributed by atoms with E-state index in [1.54, 1.807) is 17.5 Å². The van der Waals surface area contributed by atoms with Gasteiger partial charge >= 0.3 is 0 Å². The van der Waals surface area contributed by atoms with Gasteiger partial charge in [0, 0.05) is 43.8 Å². The molecule has 1 saturated heterocycles. The molecule has 1 aliphatic rings. The first-order valence-electron chi connectivity index (χ1n) is 10.7. The summed E-state index contributed by atoms with van der Waals surface area (Å²) < 4.78 is 0. The van der Waals surface area contributed by atoms with Gasteiger partial charge in [-0.2, -0.15) is 0 Å². The van der Waals surface area contributed by atoms with E-state index in [2.05, 4.69) is 53.0 Å². The number of nitrogens with zero attached hydrogens (tertiary/aromatic N) is 4. The highest BCUT2D eigenvalue weighted by atomic mass is 32.1. The normalized spacial score (nSPS) is 16.6. The van der Waals surface area contributed by atoms with Crippen LogP contribution in [0.2, 0.25) is 0 Å². The van der Waals surface area contributed by atoms with Crippen LogP contribution >= 0.6 is 11.3 Å². The molecule has 1 atom stereocenters. The Hall–Kier alpha value is -2.67. The zero-order valence-corrected chi connectivity index (χ0v) is 18.7. The highest BCUT2D eigenvalue weighted by Gasteiger charge is 2.28. The van der Waals surface area contributed by atoms with Crippen molar-refractivity contribution < 1.29 is 4.79 Å². The van der Waals surface area contributed by atoms with E-state index in [0.29, 0.717) is 6.54 Å². The number of carbonyl (C=O) groups is 1. The van der Waals surface area contributed by atoms with Crippen LogP contribution in [-0.2, 0) is 4.79 Å². The van der Waals surface area contributed by atoms with Crippen LogP contribution in [0.25, 0.3) is 10.3 Å². The van der Waals surface area contributed by atoms with E-state index >= 15 is 0 Å². The Kier molecular flexibility index (Phi) is 6.18. The van der Waals surface area contributed by atoms with Gasteiger partial charge in [0.2, 0.25) is 5.91 Å². The summed E-state index contributed by atoms with van der Waals surface area (Å²) in [4.78, 5) is 27.6. The summed E-state index contributed by atoms with van der Waals surface area (Å²) in [5, 5.41) is 4.13. The maximum atomic E-state index is 13.0. The molecule has 1 unspecified atom stereocenters. The first-order chi connectivity index (χ1) is 14.6. The topological polar surface area (TPSA) is 61.4 Å². The fourth-order valence-corrected chi connectivity index (χ4v) is 5.01. The Morgan fingerprint density at radius 2 is 2.13 bits per heavy atom. The number of benzene rings is 1. The van der Waals surface area contributed by atoms with E-state index in [1.165, 1.54) is 5.69 Å². The average Bonchev–Trinajstić information content (AvgIpc) is 3.21. The van der Waals surface area contributed by atoms with Crippen molar-refractivity contribution >= 4 is 44.1 Å². The zero-order chi connectivity index (χ0) is 21.1. The van der Waals surface area contributed by atoms with E-state index in [9.17, 15) is 4.79 Å². The fraction of sp³-hybridized carbons (Fsp3) is 0.435. The molecule has 0 aliphatic carbocycles. The first-order valence-corrected chi connectivity index (χ1v) is 11.5. The fourth-order valence-electron chi connectivity index (χ4n) is 4.07. The van der Waals surface area contributed by atoms with E-state index in [4.69, 9.17) is 4.98 Å². The van der Waals surface area contributed by atoms with Gasteiger partial charge in [0.1, 0.15) is 10.3 Å². The average molecular weight is 424 g/mol. The van der Waals surface area contributed by atoms with Crippen molar-refractivity contribution in [1.82, 2.24) is 9.97 Å². The van der Waals surface area contributed by atoms with E-state index in [0.717, 1.165) is 59.2 Å². The van der Waals surface area contributed by atoms with Crippen molar-refractivity contribution in [3.05, 3.63) is 42.1 Å². The molecule has 1 aliphatic heterocycles. The number of fused-ring (bicyclic) bond motifs is 1. The molecule has 0 radical (unpaired) electrons. The van der Waals surface area contributed by atoms with Crippen molar-refractivity contribution in [2.45, 2.75) is 33.6 Å². The molecule has 3 heterocycles. The van der Waals surface area contributed by atoms with E-state index in [-0.39, 0.29) is 11.8 Å². The standard InChI is InChI=1S/C23H29N5OS/c1-4-27(5-2)18-10-11-19(16(3)14-18)25-21(29)17-8-7-13-28(15-17)23-26-20-9-6-12-24-22(20)30-23/h6,9-12,14,17H,4-5,7-8,13,15H2,1-3H3,(H,25,29). The second-order valence-electron chi connectivity index (χ2n) is 7.77. The van der Waals surface area contributed by atoms with Crippen LogP contribution in [0.15, 0.2) is 36.5 Å². The Labute approximate surface area is 181 Å². The molecular formula is C23H29N5OS. The third-order valence-electron chi connectivity index (χ3n) is 5.81. The Morgan fingerprint density at radius 3 is 2.87 bits per heavy atom. The largest absolute Gasteiger partial charge is 0.372 e. The molecule has 0 bridgehead atoms. The lowest BCUT2D eigenvalue weighted by Gasteiger charge is -2.31. The van der Waals surface area contributed by atoms with Crippen LogP contribution < -0.4 is 15.1 Å². The minimum Gasteiger partial charge on any atom is -0.372 e. The summed E-state index contributed by atoms with van der Waals surface area (Å²) in [7, 11) is 0. The van der Waals surface area contributed by atoms with Crippen LogP contribution in [-0.4, -0.2) is 42.1 Å². The number of amides is 1. The zero-order valence-electron chi connectivity index (χ0n) is 17.9. The third kappa shape index (κ3) is 4.26. The summed E-state index contributed by atoms with van der Waals surface area (Å²) in [6.07, 6.45) is 3.69. The van der Waals surface area contributed by atoms with Gasteiger partial charge in [-0.05, 0) is 69.5 Å². The molecule has 1 amide bonds. The van der Waals surface area contributed by atoms with Crippen molar-refractivity contribution in [1.29, 1.82) is 0 Å². The highest BCUT2D eigenvalue weighted by Crippen LogP contribution is 2.31. The molecule has 1 fully saturated rings. The second kappa shape index (κ2) is 9.00. The Balaban J connectivity index is 1.44. The molecule has 6 nitrogen and oxygen atoms in total. The molecule has 0 spiro atoms. The molecule has 0 saturated carbocycles. The number of thiazole rings is 1. The summed E-state index contributed by atoms with van der Waals surface area (Å²) >= 11 is 1.60. The number of anilines is 3. The molecular weight excluding hydrogens is 394 g/mol. The van der Waals surface area contributed by atoms with Crippen molar-refractivity contribution in [2.24, 2.45) is 5.92 Å². The smallest absolute Gasteiger partial charge is 0.229 e. The third-order valence-corrected chi connectivity index (χ3v) is 6.85. The minimum absolute atomic E-state index is 0.0411. The van der Waals surface area contributed by atoms with Crippen LogP contribution in [0, 0.1) is 12.8 Å². The lowest BCUT2D eigenvalue weighted by molar-refractivity contribution is -0.120.